The molecule has 0 aliphatic carbocycles. The molecule has 1 heterocycles. The van der Waals surface area contributed by atoms with Gasteiger partial charge in [-0.3, -0.25) is 4.79 Å². The first kappa shape index (κ1) is 13.7. The number of nitrogens with zero attached hydrogens (tertiary/aromatic N) is 1. The standard InChI is InChI=1S/C14H20N2O3/c1-19-13-11(5-2-6-12(13)15)14(18)16-7-3-4-10(8-16)9-17/h2,5-6,10,17H,3-4,7-9,15H2,1H3. The molecule has 2 rings (SSSR count). The summed E-state index contributed by atoms with van der Waals surface area (Å²) in [6.07, 6.45) is 1.88. The quantitative estimate of drug-likeness (QED) is 0.802. The third-order valence-corrected chi connectivity index (χ3v) is 3.54. The first-order chi connectivity index (χ1) is 9.17. The number of carbonyl (C=O) groups excluding carboxylic acids is 1. The topological polar surface area (TPSA) is 75.8 Å². The zero-order chi connectivity index (χ0) is 13.8. The number of nitrogen functional groups attached to an aromatic ring is 1. The summed E-state index contributed by atoms with van der Waals surface area (Å²) in [6.45, 7) is 1.43. The van der Waals surface area contributed by atoms with Crippen molar-refractivity contribution in [3.05, 3.63) is 23.8 Å². The molecule has 1 fully saturated rings. The molecule has 1 amide bonds. The highest BCUT2D eigenvalue weighted by atomic mass is 16.5. The van der Waals surface area contributed by atoms with E-state index in [0.717, 1.165) is 12.8 Å². The number of benzene rings is 1. The number of para-hydroxylation sites is 1. The van der Waals surface area contributed by atoms with E-state index in [9.17, 15) is 9.90 Å². The van der Waals surface area contributed by atoms with Gasteiger partial charge in [0.25, 0.3) is 5.91 Å². The maximum atomic E-state index is 12.5. The largest absolute Gasteiger partial charge is 0.494 e. The molecule has 1 unspecified atom stereocenters. The summed E-state index contributed by atoms with van der Waals surface area (Å²) in [7, 11) is 1.51. The molecule has 19 heavy (non-hydrogen) atoms. The number of amides is 1. The molecule has 1 aromatic rings. The summed E-state index contributed by atoms with van der Waals surface area (Å²) in [6, 6.07) is 5.18. The van der Waals surface area contributed by atoms with Gasteiger partial charge < -0.3 is 20.5 Å². The number of piperidine rings is 1. The third kappa shape index (κ3) is 2.81. The smallest absolute Gasteiger partial charge is 0.257 e. The predicted octanol–water partition coefficient (Wildman–Crippen LogP) is 1.12. The summed E-state index contributed by atoms with van der Waals surface area (Å²) in [5.74, 6) is 0.519. The minimum Gasteiger partial charge on any atom is -0.494 e. The van der Waals surface area contributed by atoms with Crippen molar-refractivity contribution in [3.8, 4) is 5.75 Å². The lowest BCUT2D eigenvalue weighted by atomic mass is 9.98. The van der Waals surface area contributed by atoms with Gasteiger partial charge in [-0.05, 0) is 30.9 Å². The Balaban J connectivity index is 2.22. The molecule has 1 aromatic carbocycles. The summed E-state index contributed by atoms with van der Waals surface area (Å²) in [5.41, 5.74) is 6.77. The number of nitrogens with two attached hydrogens (primary N) is 1. The maximum absolute atomic E-state index is 12.5. The van der Waals surface area contributed by atoms with Crippen LogP contribution in [0.5, 0.6) is 5.75 Å². The Morgan fingerprint density at radius 2 is 2.37 bits per heavy atom. The van der Waals surface area contributed by atoms with E-state index < -0.39 is 0 Å². The average molecular weight is 264 g/mol. The normalized spacial score (nSPS) is 19.3. The van der Waals surface area contributed by atoms with E-state index in [4.69, 9.17) is 10.5 Å². The van der Waals surface area contributed by atoms with Crippen LogP contribution >= 0.6 is 0 Å². The Hall–Kier alpha value is -1.75. The van der Waals surface area contributed by atoms with E-state index in [1.807, 2.05) is 0 Å². The molecule has 0 saturated carbocycles. The van der Waals surface area contributed by atoms with Crippen LogP contribution in [0.4, 0.5) is 5.69 Å². The lowest BCUT2D eigenvalue weighted by Gasteiger charge is -2.32. The van der Waals surface area contributed by atoms with Crippen molar-refractivity contribution in [2.75, 3.05) is 32.5 Å². The van der Waals surface area contributed by atoms with Crippen molar-refractivity contribution in [1.82, 2.24) is 4.90 Å². The van der Waals surface area contributed by atoms with Gasteiger partial charge in [-0.1, -0.05) is 6.07 Å². The highest BCUT2D eigenvalue weighted by Crippen LogP contribution is 2.28. The number of anilines is 1. The van der Waals surface area contributed by atoms with Gasteiger partial charge in [0.15, 0.2) is 5.75 Å². The molecule has 1 aliphatic rings. The number of hydrogen-bond acceptors (Lipinski definition) is 4. The summed E-state index contributed by atoms with van der Waals surface area (Å²) in [4.78, 5) is 14.3. The summed E-state index contributed by atoms with van der Waals surface area (Å²) < 4.78 is 5.22. The number of hydrogen-bond donors (Lipinski definition) is 2. The molecule has 1 atom stereocenters. The minimum absolute atomic E-state index is 0.0812. The van der Waals surface area contributed by atoms with Crippen molar-refractivity contribution in [2.45, 2.75) is 12.8 Å². The van der Waals surface area contributed by atoms with Gasteiger partial charge in [-0.15, -0.1) is 0 Å². The van der Waals surface area contributed by atoms with Crippen LogP contribution in [-0.4, -0.2) is 42.7 Å². The fourth-order valence-corrected chi connectivity index (χ4v) is 2.52. The summed E-state index contributed by atoms with van der Waals surface area (Å²) >= 11 is 0. The molecule has 5 nitrogen and oxygen atoms in total. The van der Waals surface area contributed by atoms with Crippen molar-refractivity contribution in [2.24, 2.45) is 5.92 Å². The molecule has 0 bridgehead atoms. The van der Waals surface area contributed by atoms with E-state index in [-0.39, 0.29) is 18.4 Å². The molecular formula is C14H20N2O3. The van der Waals surface area contributed by atoms with E-state index in [2.05, 4.69) is 0 Å². The molecular weight excluding hydrogens is 244 g/mol. The summed E-state index contributed by atoms with van der Waals surface area (Å²) in [5, 5.41) is 9.22. The molecule has 3 N–H and O–H groups in total. The Morgan fingerprint density at radius 1 is 1.58 bits per heavy atom. The van der Waals surface area contributed by atoms with Crippen LogP contribution in [-0.2, 0) is 0 Å². The third-order valence-electron chi connectivity index (χ3n) is 3.54. The van der Waals surface area contributed by atoms with Crippen molar-refractivity contribution in [1.29, 1.82) is 0 Å². The molecule has 0 aromatic heterocycles. The van der Waals surface area contributed by atoms with Crippen LogP contribution in [0.1, 0.15) is 23.2 Å². The van der Waals surface area contributed by atoms with E-state index in [1.54, 1.807) is 23.1 Å². The van der Waals surface area contributed by atoms with E-state index >= 15 is 0 Å². The van der Waals surface area contributed by atoms with Gasteiger partial charge in [0, 0.05) is 19.7 Å². The number of ether oxygens (including phenoxy) is 1. The zero-order valence-electron chi connectivity index (χ0n) is 11.1. The van der Waals surface area contributed by atoms with Gasteiger partial charge >= 0.3 is 0 Å². The van der Waals surface area contributed by atoms with Crippen molar-refractivity contribution >= 4 is 11.6 Å². The Bertz CT molecular complexity index is 462. The van der Waals surface area contributed by atoms with Gasteiger partial charge in [0.05, 0.1) is 18.4 Å². The SMILES string of the molecule is COc1c(N)cccc1C(=O)N1CCCC(CO)C1. The zero-order valence-corrected chi connectivity index (χ0v) is 11.1. The van der Waals surface area contributed by atoms with Crippen LogP contribution in [0.3, 0.4) is 0 Å². The second kappa shape index (κ2) is 5.93. The van der Waals surface area contributed by atoms with Gasteiger partial charge in [0.2, 0.25) is 0 Å². The second-order valence-electron chi connectivity index (χ2n) is 4.87. The number of methoxy groups -OCH3 is 1. The maximum Gasteiger partial charge on any atom is 0.257 e. The van der Waals surface area contributed by atoms with Crippen LogP contribution in [0, 0.1) is 5.92 Å². The van der Waals surface area contributed by atoms with E-state index in [1.165, 1.54) is 7.11 Å². The van der Waals surface area contributed by atoms with Crippen LogP contribution in [0.15, 0.2) is 18.2 Å². The van der Waals surface area contributed by atoms with E-state index in [0.29, 0.717) is 30.1 Å². The highest BCUT2D eigenvalue weighted by Gasteiger charge is 2.26. The molecule has 1 aliphatic heterocycles. The highest BCUT2D eigenvalue weighted by molar-refractivity contribution is 5.98. The second-order valence-corrected chi connectivity index (χ2v) is 4.87. The number of likely N-dealkylation sites (tertiary alicyclic amines) is 1. The molecule has 104 valence electrons. The minimum atomic E-state index is -0.0812. The molecule has 5 heteroatoms. The molecule has 1 saturated heterocycles. The Labute approximate surface area is 113 Å². The lowest BCUT2D eigenvalue weighted by molar-refractivity contribution is 0.0617. The number of rotatable bonds is 3. The monoisotopic (exact) mass is 264 g/mol. The van der Waals surface area contributed by atoms with Gasteiger partial charge in [-0.25, -0.2) is 0 Å². The van der Waals surface area contributed by atoms with Crippen LogP contribution in [0.2, 0.25) is 0 Å². The number of aliphatic hydroxyl groups is 1. The Morgan fingerprint density at radius 3 is 3.05 bits per heavy atom. The lowest BCUT2D eigenvalue weighted by Crippen LogP contribution is -2.41. The number of aliphatic hydroxyl groups excluding tert-OH is 1. The predicted molar refractivity (Wildman–Crippen MR) is 73.1 cm³/mol. The van der Waals surface area contributed by atoms with Gasteiger partial charge in [-0.2, -0.15) is 0 Å². The Kier molecular flexibility index (Phi) is 4.27. The average Bonchev–Trinajstić information content (AvgIpc) is 2.46. The molecule has 0 radical (unpaired) electrons. The molecule has 0 spiro atoms. The fourth-order valence-electron chi connectivity index (χ4n) is 2.52. The number of carbonyl (C=O) groups is 1. The van der Waals surface area contributed by atoms with Crippen LogP contribution < -0.4 is 10.5 Å². The van der Waals surface area contributed by atoms with Crippen molar-refractivity contribution in [3.63, 3.8) is 0 Å². The fraction of sp³-hybridized carbons (Fsp3) is 0.500. The first-order valence-corrected chi connectivity index (χ1v) is 6.50. The first-order valence-electron chi connectivity index (χ1n) is 6.50. The van der Waals surface area contributed by atoms with Crippen molar-refractivity contribution < 1.29 is 14.6 Å². The van der Waals surface area contributed by atoms with Gasteiger partial charge in [0.1, 0.15) is 0 Å². The van der Waals surface area contributed by atoms with Crippen LogP contribution in [0.25, 0.3) is 0 Å².